The molecule has 2 heterocycles. The summed E-state index contributed by atoms with van der Waals surface area (Å²) >= 11 is 0. The quantitative estimate of drug-likeness (QED) is 0.463. The van der Waals surface area contributed by atoms with Gasteiger partial charge in [-0.25, -0.2) is 4.99 Å². The normalized spacial score (nSPS) is 16.9. The maximum Gasteiger partial charge on any atom is 0.284 e. The molecule has 1 amide bonds. The van der Waals surface area contributed by atoms with Gasteiger partial charge in [-0.2, -0.15) is 0 Å². The Bertz CT molecular complexity index is 478. The molecule has 1 saturated heterocycles. The topological polar surface area (TPSA) is 97.9 Å². The zero-order valence-corrected chi connectivity index (χ0v) is 13.9. The van der Waals surface area contributed by atoms with Crippen molar-refractivity contribution in [1.82, 2.24) is 4.90 Å². The molecule has 0 unspecified atom stereocenters. The molecule has 0 bridgehead atoms. The smallest absolute Gasteiger partial charge is 0.284 e. The lowest BCUT2D eigenvalue weighted by molar-refractivity contribution is 0.0972. The first-order chi connectivity index (χ1) is 9.06. The predicted octanol–water partition coefficient (Wildman–Crippen LogP) is 1.54. The zero-order valence-electron chi connectivity index (χ0n) is 11.5. The van der Waals surface area contributed by atoms with E-state index in [1.165, 1.54) is 0 Å². The van der Waals surface area contributed by atoms with Crippen LogP contribution >= 0.6 is 24.0 Å². The maximum atomic E-state index is 10.9. The van der Waals surface area contributed by atoms with Crippen molar-refractivity contribution in [2.24, 2.45) is 22.4 Å². The minimum atomic E-state index is -0.576. The van der Waals surface area contributed by atoms with Gasteiger partial charge in [0.2, 0.25) is 0 Å². The molecule has 112 valence electrons. The third-order valence-corrected chi connectivity index (χ3v) is 3.41. The van der Waals surface area contributed by atoms with Gasteiger partial charge in [-0.05, 0) is 30.9 Å². The number of nitrogens with zero attached hydrogens (tertiary/aromatic N) is 2. The Morgan fingerprint density at radius 2 is 2.05 bits per heavy atom. The van der Waals surface area contributed by atoms with Crippen LogP contribution in [0.2, 0.25) is 0 Å². The van der Waals surface area contributed by atoms with Gasteiger partial charge in [0.1, 0.15) is 12.3 Å². The molecule has 1 aromatic rings. The van der Waals surface area contributed by atoms with Crippen molar-refractivity contribution in [3.63, 3.8) is 0 Å². The lowest BCUT2D eigenvalue weighted by Crippen LogP contribution is -2.42. The average Bonchev–Trinajstić information content (AvgIpc) is 2.86. The van der Waals surface area contributed by atoms with E-state index in [1.54, 1.807) is 12.1 Å². The van der Waals surface area contributed by atoms with Gasteiger partial charge >= 0.3 is 0 Å². The van der Waals surface area contributed by atoms with Crippen LogP contribution in [0, 0.1) is 5.92 Å². The number of halogens is 1. The number of primary amides is 1. The summed E-state index contributed by atoms with van der Waals surface area (Å²) < 4.78 is 5.24. The molecule has 6 nitrogen and oxygen atoms in total. The number of carbonyl (C=O) groups excluding carboxylic acids is 1. The summed E-state index contributed by atoms with van der Waals surface area (Å²) in [5, 5.41) is 0. The Labute approximate surface area is 135 Å². The Kier molecular flexibility index (Phi) is 6.31. The van der Waals surface area contributed by atoms with Crippen molar-refractivity contribution in [1.29, 1.82) is 0 Å². The molecule has 2 rings (SSSR count). The van der Waals surface area contributed by atoms with Gasteiger partial charge in [0.05, 0.1) is 0 Å². The van der Waals surface area contributed by atoms with Crippen molar-refractivity contribution >= 4 is 35.8 Å². The van der Waals surface area contributed by atoms with Gasteiger partial charge in [0.25, 0.3) is 5.91 Å². The lowest BCUT2D eigenvalue weighted by atomic mass is 10.00. The number of nitrogens with two attached hydrogens (primary N) is 2. The highest BCUT2D eigenvalue weighted by atomic mass is 127. The highest BCUT2D eigenvalue weighted by Crippen LogP contribution is 2.16. The third-order valence-electron chi connectivity index (χ3n) is 3.41. The summed E-state index contributed by atoms with van der Waals surface area (Å²) in [6.45, 7) is 4.46. The van der Waals surface area contributed by atoms with E-state index in [-0.39, 0.29) is 29.7 Å². The van der Waals surface area contributed by atoms with Crippen molar-refractivity contribution < 1.29 is 9.21 Å². The Balaban J connectivity index is 0.00000200. The first kappa shape index (κ1) is 16.8. The van der Waals surface area contributed by atoms with Crippen LogP contribution in [-0.4, -0.2) is 29.9 Å². The Morgan fingerprint density at radius 1 is 1.40 bits per heavy atom. The van der Waals surface area contributed by atoms with E-state index < -0.39 is 5.91 Å². The van der Waals surface area contributed by atoms with Crippen molar-refractivity contribution in [3.05, 3.63) is 23.7 Å². The van der Waals surface area contributed by atoms with Crippen molar-refractivity contribution in [2.75, 3.05) is 13.1 Å². The van der Waals surface area contributed by atoms with Crippen LogP contribution in [0.25, 0.3) is 0 Å². The summed E-state index contributed by atoms with van der Waals surface area (Å²) in [6.07, 6.45) is 2.28. The molecule has 1 aliphatic heterocycles. The number of amides is 1. The molecule has 0 aliphatic carbocycles. The van der Waals surface area contributed by atoms with Gasteiger partial charge in [0.15, 0.2) is 11.7 Å². The van der Waals surface area contributed by atoms with Gasteiger partial charge in [0, 0.05) is 13.1 Å². The number of rotatable bonds is 3. The molecular formula is C13H21IN4O2. The molecule has 7 heteroatoms. The summed E-state index contributed by atoms with van der Waals surface area (Å²) in [6, 6.07) is 3.24. The van der Waals surface area contributed by atoms with Gasteiger partial charge in [-0.3, -0.25) is 4.79 Å². The monoisotopic (exact) mass is 392 g/mol. The number of furan rings is 1. The molecule has 0 radical (unpaired) electrons. The maximum absolute atomic E-state index is 10.9. The Morgan fingerprint density at radius 3 is 2.60 bits per heavy atom. The number of hydrogen-bond acceptors (Lipinski definition) is 3. The number of piperidine rings is 1. The standard InChI is InChI=1S/C13H20N4O2.HI/c1-9-4-6-17(7-5-9)13(15)16-8-10-2-3-11(19-10)12(14)18;/h2-3,9H,4-8H2,1H3,(H2,14,18)(H2,15,16);1H. The average molecular weight is 392 g/mol. The first-order valence-corrected chi connectivity index (χ1v) is 6.49. The summed E-state index contributed by atoms with van der Waals surface area (Å²) in [5.74, 6) is 1.45. The second kappa shape index (κ2) is 7.51. The molecule has 4 N–H and O–H groups in total. The van der Waals surface area contributed by atoms with E-state index in [0.717, 1.165) is 31.8 Å². The van der Waals surface area contributed by atoms with E-state index in [1.807, 2.05) is 0 Å². The molecule has 0 aromatic carbocycles. The number of likely N-dealkylation sites (tertiary alicyclic amines) is 1. The molecule has 0 saturated carbocycles. The zero-order chi connectivity index (χ0) is 13.8. The van der Waals surface area contributed by atoms with Crippen LogP contribution < -0.4 is 11.5 Å². The fourth-order valence-corrected chi connectivity index (χ4v) is 2.09. The molecule has 0 atom stereocenters. The fourth-order valence-electron chi connectivity index (χ4n) is 2.09. The third kappa shape index (κ3) is 4.39. The highest BCUT2D eigenvalue weighted by Gasteiger charge is 2.17. The minimum Gasteiger partial charge on any atom is -0.454 e. The SMILES string of the molecule is CC1CCN(C(N)=NCc2ccc(C(N)=O)o2)CC1.I. The predicted molar refractivity (Wildman–Crippen MR) is 87.9 cm³/mol. The van der Waals surface area contributed by atoms with Crippen LogP contribution in [-0.2, 0) is 6.54 Å². The molecule has 1 aromatic heterocycles. The van der Waals surface area contributed by atoms with E-state index in [9.17, 15) is 4.79 Å². The van der Waals surface area contributed by atoms with Gasteiger partial charge in [-0.1, -0.05) is 6.92 Å². The van der Waals surface area contributed by atoms with E-state index in [2.05, 4.69) is 16.8 Å². The van der Waals surface area contributed by atoms with Gasteiger partial charge < -0.3 is 20.8 Å². The molecular weight excluding hydrogens is 371 g/mol. The summed E-state index contributed by atoms with van der Waals surface area (Å²) in [4.78, 5) is 17.3. The van der Waals surface area contributed by atoms with E-state index >= 15 is 0 Å². The molecule has 1 aliphatic rings. The van der Waals surface area contributed by atoms with Crippen LogP contribution in [0.4, 0.5) is 0 Å². The minimum absolute atomic E-state index is 0. The second-order valence-electron chi connectivity index (χ2n) is 4.97. The van der Waals surface area contributed by atoms with Crippen LogP contribution in [0.1, 0.15) is 36.1 Å². The van der Waals surface area contributed by atoms with E-state index in [0.29, 0.717) is 18.3 Å². The highest BCUT2D eigenvalue weighted by molar-refractivity contribution is 14.0. The Hall–Kier alpha value is -1.25. The summed E-state index contributed by atoms with van der Waals surface area (Å²) in [7, 11) is 0. The first-order valence-electron chi connectivity index (χ1n) is 6.49. The number of carbonyl (C=O) groups is 1. The van der Waals surface area contributed by atoms with Crippen LogP contribution in [0.3, 0.4) is 0 Å². The van der Waals surface area contributed by atoms with E-state index in [4.69, 9.17) is 15.9 Å². The summed E-state index contributed by atoms with van der Waals surface area (Å²) in [5.41, 5.74) is 11.1. The molecule has 0 spiro atoms. The lowest BCUT2D eigenvalue weighted by Gasteiger charge is -2.30. The fraction of sp³-hybridized carbons (Fsp3) is 0.538. The second-order valence-corrected chi connectivity index (χ2v) is 4.97. The number of hydrogen-bond donors (Lipinski definition) is 2. The molecule has 1 fully saturated rings. The number of aliphatic imine (C=N–C) groups is 1. The van der Waals surface area contributed by atoms with Crippen LogP contribution in [0.5, 0.6) is 0 Å². The van der Waals surface area contributed by atoms with Crippen molar-refractivity contribution in [3.8, 4) is 0 Å². The number of guanidine groups is 1. The van der Waals surface area contributed by atoms with Crippen LogP contribution in [0.15, 0.2) is 21.5 Å². The largest absolute Gasteiger partial charge is 0.454 e. The van der Waals surface area contributed by atoms with Gasteiger partial charge in [-0.15, -0.1) is 24.0 Å². The van der Waals surface area contributed by atoms with Crippen molar-refractivity contribution in [2.45, 2.75) is 26.3 Å². The molecule has 20 heavy (non-hydrogen) atoms.